The van der Waals surface area contributed by atoms with E-state index in [4.69, 9.17) is 4.98 Å². The molecule has 0 radical (unpaired) electrons. The zero-order valence-electron chi connectivity index (χ0n) is 16.2. The number of piperidine rings is 1. The number of hydrogen-bond donors (Lipinski definition) is 1. The predicted molar refractivity (Wildman–Crippen MR) is 113 cm³/mol. The van der Waals surface area contributed by atoms with Gasteiger partial charge in [0.15, 0.2) is 0 Å². The van der Waals surface area contributed by atoms with E-state index in [0.29, 0.717) is 12.5 Å². The van der Waals surface area contributed by atoms with E-state index in [1.807, 2.05) is 42.2 Å². The molecule has 28 heavy (non-hydrogen) atoms. The van der Waals surface area contributed by atoms with Crippen LogP contribution in [0, 0.1) is 13.8 Å². The zero-order chi connectivity index (χ0) is 19.5. The molecule has 1 amide bonds. The van der Waals surface area contributed by atoms with Gasteiger partial charge in [0.25, 0.3) is 5.91 Å². The summed E-state index contributed by atoms with van der Waals surface area (Å²) in [5, 5.41) is 3.27. The van der Waals surface area contributed by atoms with Crippen LogP contribution in [0.1, 0.15) is 44.6 Å². The molecule has 3 aromatic rings. The molecule has 4 rings (SSSR count). The van der Waals surface area contributed by atoms with Gasteiger partial charge in [0.05, 0.1) is 10.6 Å². The van der Waals surface area contributed by atoms with Crippen molar-refractivity contribution >= 4 is 28.9 Å². The fourth-order valence-corrected chi connectivity index (χ4v) is 4.37. The molecule has 0 bridgehead atoms. The van der Waals surface area contributed by atoms with Gasteiger partial charge in [-0.15, -0.1) is 11.3 Å². The van der Waals surface area contributed by atoms with Gasteiger partial charge in [0, 0.05) is 35.8 Å². The Morgan fingerprint density at radius 2 is 1.96 bits per heavy atom. The van der Waals surface area contributed by atoms with Crippen LogP contribution in [0.5, 0.6) is 0 Å². The first-order chi connectivity index (χ1) is 13.6. The molecule has 3 heterocycles. The second-order valence-corrected chi connectivity index (χ2v) is 8.58. The number of nitrogens with one attached hydrogen (secondary N) is 1. The number of thiophene rings is 1. The molecule has 144 valence electrons. The highest BCUT2D eigenvalue weighted by atomic mass is 32.1. The van der Waals surface area contributed by atoms with Crippen molar-refractivity contribution in [1.82, 2.24) is 14.9 Å². The lowest BCUT2D eigenvalue weighted by Crippen LogP contribution is -2.39. The van der Waals surface area contributed by atoms with Gasteiger partial charge in [-0.05, 0) is 57.0 Å². The van der Waals surface area contributed by atoms with Gasteiger partial charge in [0.2, 0.25) is 5.95 Å². The lowest BCUT2D eigenvalue weighted by atomic mass is 9.94. The summed E-state index contributed by atoms with van der Waals surface area (Å²) in [4.78, 5) is 25.9. The predicted octanol–water partition coefficient (Wildman–Crippen LogP) is 4.92. The van der Waals surface area contributed by atoms with Gasteiger partial charge >= 0.3 is 0 Å². The van der Waals surface area contributed by atoms with Gasteiger partial charge in [-0.1, -0.05) is 17.7 Å². The van der Waals surface area contributed by atoms with Crippen LogP contribution in [-0.2, 0) is 0 Å². The molecule has 2 aromatic heterocycles. The van der Waals surface area contributed by atoms with Gasteiger partial charge in [-0.3, -0.25) is 4.79 Å². The maximum absolute atomic E-state index is 12.8. The number of amides is 1. The molecule has 0 saturated carbocycles. The highest BCUT2D eigenvalue weighted by Crippen LogP contribution is 2.28. The minimum Gasteiger partial charge on any atom is -0.337 e. The average Bonchev–Trinajstić information content (AvgIpc) is 3.16. The molecule has 0 spiro atoms. The Kier molecular flexibility index (Phi) is 5.39. The number of carbonyl (C=O) groups excluding carboxylic acids is 1. The Bertz CT molecular complexity index is 967. The van der Waals surface area contributed by atoms with Crippen LogP contribution in [0.4, 0.5) is 11.6 Å². The molecular formula is C22H24N4OS. The van der Waals surface area contributed by atoms with Crippen LogP contribution in [0.3, 0.4) is 0 Å². The number of hydrogen-bond acceptors (Lipinski definition) is 5. The van der Waals surface area contributed by atoms with Crippen molar-refractivity contribution in [2.24, 2.45) is 0 Å². The SMILES string of the molecule is Cc1ccc(Nc2nccc(C3CCCN(C(=O)c4ccc(C)s4)C3)n2)cc1. The van der Waals surface area contributed by atoms with Crippen molar-refractivity contribution < 1.29 is 4.79 Å². The van der Waals surface area contributed by atoms with Crippen LogP contribution < -0.4 is 5.32 Å². The van der Waals surface area contributed by atoms with Crippen LogP contribution in [0.15, 0.2) is 48.7 Å². The summed E-state index contributed by atoms with van der Waals surface area (Å²) in [6.45, 7) is 5.61. The topological polar surface area (TPSA) is 58.1 Å². The summed E-state index contributed by atoms with van der Waals surface area (Å²) in [7, 11) is 0. The van der Waals surface area contributed by atoms with E-state index in [9.17, 15) is 4.79 Å². The summed E-state index contributed by atoms with van der Waals surface area (Å²) in [6.07, 6.45) is 3.82. The number of nitrogens with zero attached hydrogens (tertiary/aromatic N) is 3. The molecule has 1 aliphatic heterocycles. The van der Waals surface area contributed by atoms with Crippen molar-refractivity contribution in [2.75, 3.05) is 18.4 Å². The highest BCUT2D eigenvalue weighted by Gasteiger charge is 2.27. The smallest absolute Gasteiger partial charge is 0.263 e. The number of rotatable bonds is 4. The highest BCUT2D eigenvalue weighted by molar-refractivity contribution is 7.13. The lowest BCUT2D eigenvalue weighted by molar-refractivity contribution is 0.0711. The number of aryl methyl sites for hydroxylation is 2. The maximum atomic E-state index is 12.8. The summed E-state index contributed by atoms with van der Waals surface area (Å²) >= 11 is 1.56. The van der Waals surface area contributed by atoms with Crippen LogP contribution in [0.25, 0.3) is 0 Å². The molecule has 0 aliphatic carbocycles. The lowest BCUT2D eigenvalue weighted by Gasteiger charge is -2.32. The summed E-state index contributed by atoms with van der Waals surface area (Å²) in [5.41, 5.74) is 3.17. The first kappa shape index (κ1) is 18.6. The monoisotopic (exact) mass is 392 g/mol. The number of benzene rings is 1. The number of aromatic nitrogens is 2. The van der Waals surface area contributed by atoms with E-state index in [-0.39, 0.29) is 11.8 Å². The normalized spacial score (nSPS) is 16.8. The second-order valence-electron chi connectivity index (χ2n) is 7.30. The Morgan fingerprint density at radius 1 is 1.14 bits per heavy atom. The Balaban J connectivity index is 1.47. The quantitative estimate of drug-likeness (QED) is 0.685. The second kappa shape index (κ2) is 8.10. The zero-order valence-corrected chi connectivity index (χ0v) is 17.0. The van der Waals surface area contributed by atoms with E-state index in [1.54, 1.807) is 17.5 Å². The van der Waals surface area contributed by atoms with Crippen molar-refractivity contribution in [1.29, 1.82) is 0 Å². The standard InChI is InChI=1S/C22H24N4OS/c1-15-5-8-18(9-6-15)24-22-23-12-11-19(25-22)17-4-3-13-26(14-17)21(27)20-10-7-16(2)28-20/h5-12,17H,3-4,13-14H2,1-2H3,(H,23,24,25). The van der Waals surface area contributed by atoms with Crippen molar-refractivity contribution in [3.8, 4) is 0 Å². The molecule has 5 nitrogen and oxygen atoms in total. The molecule has 1 N–H and O–H groups in total. The van der Waals surface area contributed by atoms with E-state index in [0.717, 1.165) is 35.6 Å². The van der Waals surface area contributed by atoms with E-state index >= 15 is 0 Å². The average molecular weight is 393 g/mol. The summed E-state index contributed by atoms with van der Waals surface area (Å²) < 4.78 is 0. The van der Waals surface area contributed by atoms with Crippen molar-refractivity contribution in [3.63, 3.8) is 0 Å². The Hall–Kier alpha value is -2.73. The first-order valence-electron chi connectivity index (χ1n) is 9.61. The largest absolute Gasteiger partial charge is 0.337 e. The number of anilines is 2. The van der Waals surface area contributed by atoms with Crippen LogP contribution in [0.2, 0.25) is 0 Å². The molecule has 1 atom stereocenters. The number of likely N-dealkylation sites (tertiary alicyclic amines) is 1. The van der Waals surface area contributed by atoms with E-state index in [2.05, 4.69) is 29.4 Å². The fraction of sp³-hybridized carbons (Fsp3) is 0.318. The fourth-order valence-electron chi connectivity index (χ4n) is 3.53. The molecule has 1 unspecified atom stereocenters. The third kappa shape index (κ3) is 4.22. The summed E-state index contributed by atoms with van der Waals surface area (Å²) in [5.74, 6) is 0.967. The Labute approximate surface area is 169 Å². The van der Waals surface area contributed by atoms with Crippen molar-refractivity contribution in [3.05, 3.63) is 69.7 Å². The third-order valence-electron chi connectivity index (χ3n) is 5.06. The van der Waals surface area contributed by atoms with Gasteiger partial charge in [-0.2, -0.15) is 0 Å². The van der Waals surface area contributed by atoms with Gasteiger partial charge < -0.3 is 10.2 Å². The van der Waals surface area contributed by atoms with E-state index < -0.39 is 0 Å². The minimum absolute atomic E-state index is 0.134. The summed E-state index contributed by atoms with van der Waals surface area (Å²) in [6, 6.07) is 14.1. The molecule has 1 fully saturated rings. The van der Waals surface area contributed by atoms with Crippen molar-refractivity contribution in [2.45, 2.75) is 32.6 Å². The van der Waals surface area contributed by atoms with Crippen LogP contribution in [-0.4, -0.2) is 33.9 Å². The van der Waals surface area contributed by atoms with Crippen LogP contribution >= 0.6 is 11.3 Å². The first-order valence-corrected chi connectivity index (χ1v) is 10.4. The molecular weight excluding hydrogens is 368 g/mol. The maximum Gasteiger partial charge on any atom is 0.263 e. The Morgan fingerprint density at radius 3 is 2.71 bits per heavy atom. The van der Waals surface area contributed by atoms with Gasteiger partial charge in [0.1, 0.15) is 0 Å². The van der Waals surface area contributed by atoms with Gasteiger partial charge in [-0.25, -0.2) is 9.97 Å². The minimum atomic E-state index is 0.134. The third-order valence-corrected chi connectivity index (χ3v) is 6.05. The molecule has 6 heteroatoms. The molecule has 1 aliphatic rings. The molecule has 1 aromatic carbocycles. The number of carbonyl (C=O) groups is 1. The van der Waals surface area contributed by atoms with E-state index in [1.165, 1.54) is 10.4 Å². The molecule has 1 saturated heterocycles.